The molecule has 0 atom stereocenters. The fourth-order valence-electron chi connectivity index (χ4n) is 15.4. The van der Waals surface area contributed by atoms with E-state index >= 15 is 0 Å². The molecule has 20 rings (SSSR count). The highest BCUT2D eigenvalue weighted by Gasteiger charge is 2.18. The Morgan fingerprint density at radius 3 is 0.807 bits per heavy atom. The number of hydrogen-bond donors (Lipinski definition) is 1. The van der Waals surface area contributed by atoms with Gasteiger partial charge in [0.15, 0.2) is 0 Å². The van der Waals surface area contributed by atoms with Gasteiger partial charge in [-0.2, -0.15) is 0 Å². The first-order valence-electron chi connectivity index (χ1n) is 37.0. The van der Waals surface area contributed by atoms with E-state index in [0.717, 1.165) is 44.3 Å². The Morgan fingerprint density at radius 2 is 0.440 bits per heavy atom. The lowest BCUT2D eigenvalue weighted by Gasteiger charge is -2.26. The van der Waals surface area contributed by atoms with Crippen LogP contribution in [0, 0.1) is 0 Å². The van der Waals surface area contributed by atoms with Gasteiger partial charge in [0.05, 0.1) is 22.1 Å². The van der Waals surface area contributed by atoms with E-state index in [4.69, 9.17) is 0 Å². The topological polar surface area (TPSA) is 25.1 Å². The summed E-state index contributed by atoms with van der Waals surface area (Å²) in [6.07, 6.45) is 0. The number of fused-ring (bicyclic) bond motifs is 8. The van der Waals surface area contributed by atoms with E-state index < -0.39 is 0 Å². The van der Waals surface area contributed by atoms with Crippen LogP contribution in [0.5, 0.6) is 0 Å². The third-order valence-electron chi connectivity index (χ3n) is 20.8. The molecule has 20 aromatic rings. The normalized spacial score (nSPS) is 11.2. The van der Waals surface area contributed by atoms with Gasteiger partial charge in [0.1, 0.15) is 0 Å². The lowest BCUT2D eigenvalue weighted by molar-refractivity contribution is 1.17. The summed E-state index contributed by atoms with van der Waals surface area (Å²) in [6, 6.07) is 156. The zero-order valence-corrected chi connectivity index (χ0v) is 61.4. The fourth-order valence-corrected chi connectivity index (χ4v) is 15.6. The van der Waals surface area contributed by atoms with E-state index in [-0.39, 0.29) is 0 Å². The molecule has 18 aromatic carbocycles. The van der Waals surface area contributed by atoms with Crippen molar-refractivity contribution >= 4 is 110 Å². The molecular formula is C104H73BrN4. The Balaban J connectivity index is 0.000000131. The third-order valence-corrected chi connectivity index (χ3v) is 21.3. The molecular weight excluding hydrogens is 1390 g/mol. The minimum Gasteiger partial charge on any atom is -0.356 e. The molecule has 0 spiro atoms. The van der Waals surface area contributed by atoms with Crippen molar-refractivity contribution in [3.63, 3.8) is 0 Å². The van der Waals surface area contributed by atoms with Crippen LogP contribution < -0.4 is 10.2 Å². The van der Waals surface area contributed by atoms with Gasteiger partial charge in [0.2, 0.25) is 0 Å². The number of nitrogens with one attached hydrogen (secondary N) is 1. The molecule has 0 saturated heterocycles. The number of para-hydroxylation sites is 4. The summed E-state index contributed by atoms with van der Waals surface area (Å²) < 4.78 is 5.82. The molecule has 0 saturated carbocycles. The Kier molecular flexibility index (Phi) is 18.7. The summed E-state index contributed by atoms with van der Waals surface area (Å²) in [4.78, 5) is 2.35. The van der Waals surface area contributed by atoms with Crippen LogP contribution in [0.2, 0.25) is 0 Å². The van der Waals surface area contributed by atoms with Gasteiger partial charge in [-0.15, -0.1) is 0 Å². The molecule has 0 amide bonds. The van der Waals surface area contributed by atoms with Crippen LogP contribution in [0.4, 0.5) is 28.4 Å². The fraction of sp³-hybridized carbons (Fsp3) is 0. The number of benzene rings is 18. The third kappa shape index (κ3) is 13.9. The first-order chi connectivity index (χ1) is 54.0. The van der Waals surface area contributed by atoms with Crippen LogP contribution in [0.15, 0.2) is 441 Å². The van der Waals surface area contributed by atoms with Gasteiger partial charge in [-0.05, 0) is 210 Å². The van der Waals surface area contributed by atoms with Gasteiger partial charge >= 0.3 is 0 Å². The smallest absolute Gasteiger partial charge is 0.0541 e. The molecule has 4 nitrogen and oxygen atoms in total. The lowest BCUT2D eigenvalue weighted by Crippen LogP contribution is -2.10. The van der Waals surface area contributed by atoms with Crippen LogP contribution in [0.25, 0.3) is 143 Å². The van der Waals surface area contributed by atoms with Gasteiger partial charge in [-0.25, -0.2) is 0 Å². The highest BCUT2D eigenvalue weighted by molar-refractivity contribution is 9.10. The highest BCUT2D eigenvalue weighted by Crippen LogP contribution is 2.41. The van der Waals surface area contributed by atoms with Gasteiger partial charge < -0.3 is 19.4 Å². The van der Waals surface area contributed by atoms with Gasteiger partial charge in [0.25, 0.3) is 0 Å². The zero-order valence-electron chi connectivity index (χ0n) is 59.8. The van der Waals surface area contributed by atoms with E-state index in [9.17, 15) is 0 Å². The molecule has 0 aliphatic carbocycles. The molecule has 1 N–H and O–H groups in total. The van der Waals surface area contributed by atoms with Crippen molar-refractivity contribution in [2.24, 2.45) is 0 Å². The molecule has 0 radical (unpaired) electrons. The van der Waals surface area contributed by atoms with Crippen LogP contribution in [-0.4, -0.2) is 9.13 Å². The van der Waals surface area contributed by atoms with E-state index in [2.05, 4.69) is 466 Å². The Hall–Kier alpha value is -13.8. The SMILES string of the molecule is Brc1ccc(-c2cccc3ccccc23)cc1.c1ccc(-c2ccc(-c3ccc(N(c4ccc(-c5cccc6ccccc56)cc4)c4ccc(-n5c6ccccc6c6ccccc65)cc4)cc3)cc2)cc1.c1ccc(-c2ccc(-c3ccc(Nc4ccc(-n5c6ccccc6c6ccccc65)cc4)cc3)cc2)cc1. The van der Waals surface area contributed by atoms with Crippen LogP contribution >= 0.6 is 15.9 Å². The van der Waals surface area contributed by atoms with Gasteiger partial charge in [-0.3, -0.25) is 0 Å². The molecule has 5 heteroatoms. The molecule has 0 fully saturated rings. The second-order valence-corrected chi connectivity index (χ2v) is 28.3. The predicted molar refractivity (Wildman–Crippen MR) is 468 cm³/mol. The number of aromatic nitrogens is 2. The van der Waals surface area contributed by atoms with Crippen LogP contribution in [0.3, 0.4) is 0 Å². The summed E-state index contributed by atoms with van der Waals surface area (Å²) in [5, 5.41) is 13.7. The second-order valence-electron chi connectivity index (χ2n) is 27.4. The average molecular weight is 1460 g/mol. The maximum absolute atomic E-state index is 3.55. The largest absolute Gasteiger partial charge is 0.356 e. The predicted octanol–water partition coefficient (Wildman–Crippen LogP) is 29.5. The minimum atomic E-state index is 1.06. The zero-order chi connectivity index (χ0) is 72.8. The Morgan fingerprint density at radius 1 is 0.193 bits per heavy atom. The number of halogens is 1. The molecule has 0 bridgehead atoms. The summed E-state index contributed by atoms with van der Waals surface area (Å²) in [5.74, 6) is 0. The van der Waals surface area contributed by atoms with Crippen molar-refractivity contribution in [2.45, 2.75) is 0 Å². The first-order valence-corrected chi connectivity index (χ1v) is 37.8. The van der Waals surface area contributed by atoms with Crippen molar-refractivity contribution < 1.29 is 0 Å². The van der Waals surface area contributed by atoms with Crippen molar-refractivity contribution in [1.82, 2.24) is 9.13 Å². The van der Waals surface area contributed by atoms with E-state index in [1.807, 2.05) is 6.07 Å². The van der Waals surface area contributed by atoms with Crippen molar-refractivity contribution in [2.75, 3.05) is 10.2 Å². The quantitative estimate of drug-likeness (QED) is 0.124. The van der Waals surface area contributed by atoms with Crippen molar-refractivity contribution in [3.8, 4) is 78.1 Å². The maximum Gasteiger partial charge on any atom is 0.0541 e. The number of hydrogen-bond acceptors (Lipinski definition) is 2. The highest BCUT2D eigenvalue weighted by atomic mass is 79.9. The molecule has 0 unspecified atom stereocenters. The van der Waals surface area contributed by atoms with E-state index in [1.54, 1.807) is 0 Å². The Bertz CT molecular complexity index is 6430. The van der Waals surface area contributed by atoms with Crippen molar-refractivity contribution in [3.05, 3.63) is 441 Å². The van der Waals surface area contributed by atoms with Gasteiger partial charge in [-0.1, -0.05) is 331 Å². The van der Waals surface area contributed by atoms with Crippen LogP contribution in [-0.2, 0) is 0 Å². The number of nitrogens with zero attached hydrogens (tertiary/aromatic N) is 3. The summed E-state index contributed by atoms with van der Waals surface area (Å²) >= 11 is 3.47. The second kappa shape index (κ2) is 30.3. The van der Waals surface area contributed by atoms with Crippen molar-refractivity contribution in [1.29, 1.82) is 0 Å². The first kappa shape index (κ1) is 67.1. The number of anilines is 5. The van der Waals surface area contributed by atoms with E-state index in [0.29, 0.717) is 0 Å². The Labute approximate surface area is 643 Å². The average Bonchev–Trinajstić information content (AvgIpc) is 1.61. The summed E-state index contributed by atoms with van der Waals surface area (Å²) in [6.45, 7) is 0. The summed E-state index contributed by atoms with van der Waals surface area (Å²) in [5.41, 5.74) is 27.3. The molecule has 2 aromatic heterocycles. The molecule has 516 valence electrons. The monoisotopic (exact) mass is 1460 g/mol. The number of rotatable bonds is 13. The maximum atomic E-state index is 3.55. The standard InChI is InChI=1S/C52H36N2.C36H26N2.C16H11Br/c1-2-11-37(12-3-1)38-21-23-39(24-22-38)40-25-29-43(30-26-40)53(44-31-27-42(28-32-44)48-18-10-14-41-13-4-5-15-47(41)48)45-33-35-46(36-34-45)54-51-19-8-6-16-49(51)50-17-7-9-20-52(50)54;1-2-8-26(9-3-1)27-14-16-28(17-15-27)29-18-20-30(21-19-29)37-31-22-24-32(25-23-31)38-35-12-6-4-10-33(35)34-11-5-7-13-36(34)38;17-14-10-8-13(9-11-14)16-7-3-5-12-4-1-2-6-15(12)16/h1-36H;1-25,37H;1-11H. The molecule has 0 aliphatic heterocycles. The molecule has 109 heavy (non-hydrogen) atoms. The van der Waals surface area contributed by atoms with Gasteiger partial charge in [0, 0.05) is 65.8 Å². The summed E-state index contributed by atoms with van der Waals surface area (Å²) in [7, 11) is 0. The minimum absolute atomic E-state index is 1.06. The van der Waals surface area contributed by atoms with Crippen LogP contribution in [0.1, 0.15) is 0 Å². The molecule has 0 aliphatic rings. The lowest BCUT2D eigenvalue weighted by atomic mass is 9.98. The van der Waals surface area contributed by atoms with E-state index in [1.165, 1.54) is 132 Å². The molecule has 2 heterocycles.